The zero-order valence-electron chi connectivity index (χ0n) is 12.1. The number of aromatic nitrogens is 1. The van der Waals surface area contributed by atoms with Gasteiger partial charge in [0.25, 0.3) is 11.5 Å². The maximum atomic E-state index is 12.3. The zero-order valence-corrected chi connectivity index (χ0v) is 12.1. The number of amides is 1. The first-order valence-corrected chi connectivity index (χ1v) is 6.43. The Hall–Kier alpha value is -2.63. The highest BCUT2D eigenvalue weighted by Crippen LogP contribution is 2.28. The third-order valence-electron chi connectivity index (χ3n) is 3.33. The van der Waals surface area contributed by atoms with Gasteiger partial charge in [-0.1, -0.05) is 12.1 Å². The van der Waals surface area contributed by atoms with Gasteiger partial charge in [0.05, 0.1) is 12.1 Å². The van der Waals surface area contributed by atoms with Crippen LogP contribution in [0.2, 0.25) is 0 Å². The van der Waals surface area contributed by atoms with Crippen LogP contribution in [0.3, 0.4) is 0 Å². The number of benzene rings is 1. The Morgan fingerprint density at radius 1 is 1.33 bits per heavy atom. The molecule has 0 aliphatic rings. The van der Waals surface area contributed by atoms with Crippen LogP contribution < -0.4 is 10.9 Å². The second-order valence-electron chi connectivity index (χ2n) is 4.94. The molecule has 1 heterocycles. The number of aromatic hydroxyl groups is 1. The van der Waals surface area contributed by atoms with Crippen molar-refractivity contribution in [3.63, 3.8) is 0 Å². The molecule has 0 saturated carbocycles. The number of rotatable bonds is 3. The molecule has 0 unspecified atom stereocenters. The average molecular weight is 288 g/mol. The number of nitrogens with one attached hydrogen (secondary N) is 1. The summed E-state index contributed by atoms with van der Waals surface area (Å²) in [7, 11) is 1.53. The topological polar surface area (TPSA) is 88.4 Å². The number of aryl methyl sites for hydroxylation is 2. The molecular formula is C15H16N2O4. The predicted molar refractivity (Wildman–Crippen MR) is 78.6 cm³/mol. The quantitative estimate of drug-likeness (QED) is 0.877. The summed E-state index contributed by atoms with van der Waals surface area (Å²) in [4.78, 5) is 35.2. The third kappa shape index (κ3) is 2.52. The van der Waals surface area contributed by atoms with Crippen LogP contribution in [0, 0.1) is 6.92 Å². The van der Waals surface area contributed by atoms with E-state index < -0.39 is 11.5 Å². The molecule has 110 valence electrons. The highest BCUT2D eigenvalue weighted by atomic mass is 16.3. The molecule has 0 radical (unpaired) electrons. The van der Waals surface area contributed by atoms with Crippen LogP contribution in [-0.4, -0.2) is 27.9 Å². The number of ketones is 1. The summed E-state index contributed by atoms with van der Waals surface area (Å²) in [5.74, 6) is -1.35. The van der Waals surface area contributed by atoms with Crippen molar-refractivity contribution in [1.82, 2.24) is 9.88 Å². The number of fused-ring (bicyclic) bond motifs is 1. The summed E-state index contributed by atoms with van der Waals surface area (Å²) in [5.41, 5.74) is 0.342. The summed E-state index contributed by atoms with van der Waals surface area (Å²) >= 11 is 0. The second kappa shape index (κ2) is 5.40. The Bertz CT molecular complexity index is 805. The van der Waals surface area contributed by atoms with Gasteiger partial charge >= 0.3 is 0 Å². The SMILES string of the molecule is CC(=O)CNC(=O)c1c(O)c2c(C)cccc2n(C)c1=O. The number of nitrogens with zero attached hydrogens (tertiary/aromatic N) is 1. The molecule has 0 spiro atoms. The lowest BCUT2D eigenvalue weighted by atomic mass is 10.0. The molecule has 6 nitrogen and oxygen atoms in total. The van der Waals surface area contributed by atoms with E-state index in [4.69, 9.17) is 0 Å². The van der Waals surface area contributed by atoms with Gasteiger partial charge in [-0.05, 0) is 25.5 Å². The van der Waals surface area contributed by atoms with Crippen LogP contribution in [0.1, 0.15) is 22.8 Å². The largest absolute Gasteiger partial charge is 0.506 e. The Labute approximate surface area is 121 Å². The summed E-state index contributed by atoms with van der Waals surface area (Å²) in [5, 5.41) is 13.1. The number of carbonyl (C=O) groups is 2. The van der Waals surface area contributed by atoms with Crippen LogP contribution in [-0.2, 0) is 11.8 Å². The molecule has 1 aromatic heterocycles. The predicted octanol–water partition coefficient (Wildman–Crippen LogP) is 0.871. The fourth-order valence-corrected chi connectivity index (χ4v) is 2.24. The fourth-order valence-electron chi connectivity index (χ4n) is 2.24. The van der Waals surface area contributed by atoms with Crippen molar-refractivity contribution in [2.75, 3.05) is 6.54 Å². The zero-order chi connectivity index (χ0) is 15.7. The van der Waals surface area contributed by atoms with Gasteiger partial charge in [-0.2, -0.15) is 0 Å². The molecule has 21 heavy (non-hydrogen) atoms. The highest BCUT2D eigenvalue weighted by Gasteiger charge is 2.21. The van der Waals surface area contributed by atoms with Gasteiger partial charge in [-0.3, -0.25) is 14.4 Å². The number of pyridine rings is 1. The van der Waals surface area contributed by atoms with Gasteiger partial charge in [0.15, 0.2) is 0 Å². The van der Waals surface area contributed by atoms with Crippen molar-refractivity contribution in [1.29, 1.82) is 0 Å². The maximum absolute atomic E-state index is 12.3. The van der Waals surface area contributed by atoms with Crippen LogP contribution in [0.15, 0.2) is 23.0 Å². The van der Waals surface area contributed by atoms with E-state index in [1.807, 2.05) is 0 Å². The van der Waals surface area contributed by atoms with Crippen LogP contribution in [0.25, 0.3) is 10.9 Å². The average Bonchev–Trinajstić information content (AvgIpc) is 2.42. The van der Waals surface area contributed by atoms with Crippen molar-refractivity contribution in [3.05, 3.63) is 39.7 Å². The van der Waals surface area contributed by atoms with Gasteiger partial charge < -0.3 is 15.0 Å². The highest BCUT2D eigenvalue weighted by molar-refractivity contribution is 6.04. The minimum Gasteiger partial charge on any atom is -0.506 e. The fraction of sp³-hybridized carbons (Fsp3) is 0.267. The Kier molecular flexibility index (Phi) is 3.80. The normalized spacial score (nSPS) is 10.6. The van der Waals surface area contributed by atoms with Crippen molar-refractivity contribution in [3.8, 4) is 5.75 Å². The van der Waals surface area contributed by atoms with E-state index in [0.717, 1.165) is 5.56 Å². The molecule has 0 saturated heterocycles. The van der Waals surface area contributed by atoms with E-state index >= 15 is 0 Å². The van der Waals surface area contributed by atoms with E-state index in [2.05, 4.69) is 5.32 Å². The monoisotopic (exact) mass is 288 g/mol. The standard InChI is InChI=1S/C15H16N2O4/c1-8-5-4-6-10-11(8)13(19)12(15(21)17(10)3)14(20)16-7-9(2)18/h4-6,19H,7H2,1-3H3,(H,16,20). The molecule has 0 atom stereocenters. The van der Waals surface area contributed by atoms with Crippen molar-refractivity contribution < 1.29 is 14.7 Å². The molecule has 6 heteroatoms. The number of Topliss-reactive ketones (excluding diaryl/α,β-unsaturated/α-hetero) is 1. The van der Waals surface area contributed by atoms with Crippen molar-refractivity contribution in [2.45, 2.75) is 13.8 Å². The molecule has 1 amide bonds. The first-order valence-electron chi connectivity index (χ1n) is 6.43. The Morgan fingerprint density at radius 3 is 2.62 bits per heavy atom. The lowest BCUT2D eigenvalue weighted by molar-refractivity contribution is -0.116. The first kappa shape index (κ1) is 14.8. The van der Waals surface area contributed by atoms with Crippen LogP contribution in [0.4, 0.5) is 0 Å². The van der Waals surface area contributed by atoms with Crippen molar-refractivity contribution in [2.24, 2.45) is 7.05 Å². The molecule has 0 aliphatic carbocycles. The van der Waals surface area contributed by atoms with Gasteiger partial charge in [-0.15, -0.1) is 0 Å². The van der Waals surface area contributed by atoms with E-state index in [1.165, 1.54) is 18.5 Å². The number of hydrogen-bond donors (Lipinski definition) is 2. The van der Waals surface area contributed by atoms with E-state index in [0.29, 0.717) is 10.9 Å². The van der Waals surface area contributed by atoms with Gasteiger partial charge in [-0.25, -0.2) is 0 Å². The summed E-state index contributed by atoms with van der Waals surface area (Å²) in [6.07, 6.45) is 0. The minimum atomic E-state index is -0.756. The summed E-state index contributed by atoms with van der Waals surface area (Å²) in [6.45, 7) is 2.92. The molecule has 2 rings (SSSR count). The second-order valence-corrected chi connectivity index (χ2v) is 4.94. The first-order chi connectivity index (χ1) is 9.84. The van der Waals surface area contributed by atoms with E-state index in [-0.39, 0.29) is 23.6 Å². The minimum absolute atomic E-state index is 0.187. The Morgan fingerprint density at radius 2 is 2.00 bits per heavy atom. The molecule has 0 aliphatic heterocycles. The van der Waals surface area contributed by atoms with Crippen LogP contribution >= 0.6 is 0 Å². The van der Waals surface area contributed by atoms with Gasteiger partial charge in [0.2, 0.25) is 0 Å². The molecule has 2 aromatic rings. The van der Waals surface area contributed by atoms with Gasteiger partial charge in [0.1, 0.15) is 17.1 Å². The molecule has 0 fully saturated rings. The van der Waals surface area contributed by atoms with E-state index in [9.17, 15) is 19.5 Å². The maximum Gasteiger partial charge on any atom is 0.267 e. The van der Waals surface area contributed by atoms with Gasteiger partial charge in [0, 0.05) is 12.4 Å². The van der Waals surface area contributed by atoms with E-state index in [1.54, 1.807) is 25.1 Å². The summed E-state index contributed by atoms with van der Waals surface area (Å²) in [6, 6.07) is 5.25. The smallest absolute Gasteiger partial charge is 0.267 e. The Balaban J connectivity index is 2.70. The number of hydrogen-bond acceptors (Lipinski definition) is 4. The molecule has 2 N–H and O–H groups in total. The lowest BCUT2D eigenvalue weighted by Gasteiger charge is -2.13. The van der Waals surface area contributed by atoms with Crippen molar-refractivity contribution >= 4 is 22.6 Å². The molecular weight excluding hydrogens is 272 g/mol. The molecule has 1 aromatic carbocycles. The third-order valence-corrected chi connectivity index (χ3v) is 3.33. The summed E-state index contributed by atoms with van der Waals surface area (Å²) < 4.78 is 1.31. The number of carbonyl (C=O) groups excluding carboxylic acids is 2. The lowest BCUT2D eigenvalue weighted by Crippen LogP contribution is -2.34. The van der Waals surface area contributed by atoms with Crippen LogP contribution in [0.5, 0.6) is 5.75 Å². The molecule has 0 bridgehead atoms.